The third-order valence-corrected chi connectivity index (χ3v) is 4.45. The molecule has 0 heterocycles. The number of carbonyl (C=O) groups excluding carboxylic acids is 1. The van der Waals surface area contributed by atoms with Gasteiger partial charge in [0, 0.05) is 12.3 Å². The number of carbonyl (C=O) groups is 1. The minimum absolute atomic E-state index is 0.0718. The van der Waals surface area contributed by atoms with E-state index in [1.165, 1.54) is 0 Å². The van der Waals surface area contributed by atoms with Crippen molar-refractivity contribution in [2.45, 2.75) is 51.0 Å². The first kappa shape index (κ1) is 17.1. The third-order valence-electron chi connectivity index (χ3n) is 4.16. The first-order valence-electron chi connectivity index (χ1n) is 7.90. The second-order valence-electron chi connectivity index (χ2n) is 5.64. The van der Waals surface area contributed by atoms with Crippen LogP contribution in [-0.2, 0) is 9.53 Å². The Morgan fingerprint density at radius 2 is 1.95 bits per heavy atom. The van der Waals surface area contributed by atoms with E-state index >= 15 is 0 Å². The Morgan fingerprint density at radius 3 is 2.50 bits per heavy atom. The Kier molecular flexibility index (Phi) is 6.09. The summed E-state index contributed by atoms with van der Waals surface area (Å²) in [7, 11) is 1.56. The molecule has 1 aromatic carbocycles. The molecule has 0 aromatic heterocycles. The molecule has 1 saturated carbocycles. The summed E-state index contributed by atoms with van der Waals surface area (Å²) >= 11 is 6.11. The van der Waals surface area contributed by atoms with Crippen LogP contribution in [0.3, 0.4) is 0 Å². The van der Waals surface area contributed by atoms with E-state index < -0.39 is 5.60 Å². The quantitative estimate of drug-likeness (QED) is 0.815. The van der Waals surface area contributed by atoms with Crippen molar-refractivity contribution < 1.29 is 14.3 Å². The minimum atomic E-state index is -0.711. The summed E-state index contributed by atoms with van der Waals surface area (Å²) in [5, 5.41) is 3.43. The molecule has 1 fully saturated rings. The number of benzene rings is 1. The van der Waals surface area contributed by atoms with Crippen LogP contribution in [0.15, 0.2) is 18.2 Å². The van der Waals surface area contributed by atoms with Crippen LogP contribution in [-0.4, -0.2) is 25.2 Å². The maximum atomic E-state index is 12.8. The van der Waals surface area contributed by atoms with Crippen LogP contribution in [0, 0.1) is 0 Å². The molecule has 0 saturated heterocycles. The molecule has 122 valence electrons. The van der Waals surface area contributed by atoms with Gasteiger partial charge in [-0.2, -0.15) is 0 Å². The zero-order valence-electron chi connectivity index (χ0n) is 13.3. The van der Waals surface area contributed by atoms with Gasteiger partial charge in [0.15, 0.2) is 0 Å². The number of methoxy groups -OCH3 is 1. The summed E-state index contributed by atoms with van der Waals surface area (Å²) in [6, 6.07) is 5.24. The van der Waals surface area contributed by atoms with E-state index in [1.807, 2.05) is 6.92 Å². The van der Waals surface area contributed by atoms with E-state index in [1.54, 1.807) is 25.3 Å². The molecule has 0 radical (unpaired) electrons. The van der Waals surface area contributed by atoms with Gasteiger partial charge in [-0.05, 0) is 38.0 Å². The zero-order chi connectivity index (χ0) is 16.0. The van der Waals surface area contributed by atoms with Gasteiger partial charge in [-0.1, -0.05) is 37.3 Å². The van der Waals surface area contributed by atoms with Gasteiger partial charge in [0.25, 0.3) is 5.91 Å². The highest BCUT2D eigenvalue weighted by atomic mass is 35.5. The molecular weight excluding hydrogens is 302 g/mol. The van der Waals surface area contributed by atoms with Crippen molar-refractivity contribution in [3.63, 3.8) is 0 Å². The maximum Gasteiger partial charge on any atom is 0.256 e. The molecule has 2 rings (SSSR count). The number of hydrogen-bond acceptors (Lipinski definition) is 3. The van der Waals surface area contributed by atoms with E-state index in [0.29, 0.717) is 23.1 Å². The molecule has 1 aliphatic rings. The van der Waals surface area contributed by atoms with Crippen LogP contribution in [0.5, 0.6) is 5.75 Å². The van der Waals surface area contributed by atoms with Gasteiger partial charge in [-0.3, -0.25) is 4.79 Å². The van der Waals surface area contributed by atoms with Crippen LogP contribution in [0.4, 0.5) is 5.69 Å². The van der Waals surface area contributed by atoms with Gasteiger partial charge < -0.3 is 14.8 Å². The van der Waals surface area contributed by atoms with Crippen molar-refractivity contribution in [2.24, 2.45) is 0 Å². The second-order valence-corrected chi connectivity index (χ2v) is 6.05. The highest BCUT2D eigenvalue weighted by Gasteiger charge is 2.39. The lowest BCUT2D eigenvalue weighted by Crippen LogP contribution is -2.45. The summed E-state index contributed by atoms with van der Waals surface area (Å²) < 4.78 is 11.0. The molecule has 5 heteroatoms. The lowest BCUT2D eigenvalue weighted by Gasteiger charge is -2.31. The topological polar surface area (TPSA) is 47.6 Å². The van der Waals surface area contributed by atoms with E-state index in [0.717, 1.165) is 38.5 Å². The number of rotatable bonds is 5. The van der Waals surface area contributed by atoms with Gasteiger partial charge in [0.1, 0.15) is 11.4 Å². The average Bonchev–Trinajstić information content (AvgIpc) is 2.74. The fraction of sp³-hybridized carbons (Fsp3) is 0.588. The number of nitrogens with one attached hydrogen (secondary N) is 1. The molecule has 4 nitrogen and oxygen atoms in total. The fourth-order valence-electron chi connectivity index (χ4n) is 3.00. The number of ether oxygens (including phenoxy) is 2. The van der Waals surface area contributed by atoms with E-state index in [2.05, 4.69) is 5.32 Å². The Labute approximate surface area is 137 Å². The van der Waals surface area contributed by atoms with Crippen LogP contribution < -0.4 is 10.1 Å². The summed E-state index contributed by atoms with van der Waals surface area (Å²) in [6.07, 6.45) is 5.92. The Balaban J connectivity index is 2.15. The molecule has 0 spiro atoms. The normalized spacial score (nSPS) is 17.6. The van der Waals surface area contributed by atoms with Crippen molar-refractivity contribution in [3.05, 3.63) is 23.2 Å². The highest BCUT2D eigenvalue weighted by molar-refractivity contribution is 6.32. The molecule has 1 N–H and O–H groups in total. The van der Waals surface area contributed by atoms with Gasteiger partial charge >= 0.3 is 0 Å². The maximum absolute atomic E-state index is 12.8. The van der Waals surface area contributed by atoms with Gasteiger partial charge in [-0.15, -0.1) is 0 Å². The smallest absolute Gasteiger partial charge is 0.256 e. The number of hydrogen-bond donors (Lipinski definition) is 1. The van der Waals surface area contributed by atoms with Gasteiger partial charge in [0.2, 0.25) is 0 Å². The summed E-state index contributed by atoms with van der Waals surface area (Å²) in [4.78, 5) is 12.8. The first-order chi connectivity index (χ1) is 10.6. The van der Waals surface area contributed by atoms with Gasteiger partial charge in [-0.25, -0.2) is 0 Å². The van der Waals surface area contributed by atoms with E-state index in [4.69, 9.17) is 21.1 Å². The Hall–Kier alpha value is -1.26. The fourth-order valence-corrected chi connectivity index (χ4v) is 3.26. The van der Waals surface area contributed by atoms with Crippen LogP contribution >= 0.6 is 11.6 Å². The lowest BCUT2D eigenvalue weighted by atomic mass is 9.93. The zero-order valence-corrected chi connectivity index (χ0v) is 14.0. The molecule has 0 aliphatic heterocycles. The molecule has 0 bridgehead atoms. The SMILES string of the molecule is CCOC1(C(=O)Nc2ccc(OC)c(Cl)c2)CCCCCC1. The van der Waals surface area contributed by atoms with Crippen molar-refractivity contribution in [1.29, 1.82) is 0 Å². The standard InChI is InChI=1S/C17H24ClNO3/c1-3-22-17(10-6-4-5-7-11-17)16(20)19-13-8-9-15(21-2)14(18)12-13/h8-9,12H,3-7,10-11H2,1-2H3,(H,19,20). The second kappa shape index (κ2) is 7.84. The van der Waals surface area contributed by atoms with E-state index in [9.17, 15) is 4.79 Å². The first-order valence-corrected chi connectivity index (χ1v) is 8.28. The summed E-state index contributed by atoms with van der Waals surface area (Å²) in [5.74, 6) is 0.520. The Bertz CT molecular complexity index is 511. The molecule has 0 atom stereocenters. The van der Waals surface area contributed by atoms with Crippen LogP contribution in [0.1, 0.15) is 45.4 Å². The summed E-state index contributed by atoms with van der Waals surface area (Å²) in [6.45, 7) is 2.47. The molecule has 1 aliphatic carbocycles. The van der Waals surface area contributed by atoms with Crippen molar-refractivity contribution >= 4 is 23.2 Å². The molecular formula is C17H24ClNO3. The van der Waals surface area contributed by atoms with Crippen molar-refractivity contribution in [2.75, 3.05) is 19.0 Å². The largest absolute Gasteiger partial charge is 0.495 e. The molecule has 0 unspecified atom stereocenters. The number of halogens is 1. The van der Waals surface area contributed by atoms with Gasteiger partial charge in [0.05, 0.1) is 12.1 Å². The molecule has 22 heavy (non-hydrogen) atoms. The van der Waals surface area contributed by atoms with Crippen LogP contribution in [0.25, 0.3) is 0 Å². The monoisotopic (exact) mass is 325 g/mol. The Morgan fingerprint density at radius 1 is 1.27 bits per heavy atom. The van der Waals surface area contributed by atoms with E-state index in [-0.39, 0.29) is 5.91 Å². The number of amides is 1. The minimum Gasteiger partial charge on any atom is -0.495 e. The molecule has 1 amide bonds. The van der Waals surface area contributed by atoms with Crippen LogP contribution in [0.2, 0.25) is 5.02 Å². The lowest BCUT2D eigenvalue weighted by molar-refractivity contribution is -0.143. The summed E-state index contributed by atoms with van der Waals surface area (Å²) in [5.41, 5.74) is -0.0448. The predicted molar refractivity (Wildman–Crippen MR) is 88.7 cm³/mol. The van der Waals surface area contributed by atoms with Crippen molar-refractivity contribution in [1.82, 2.24) is 0 Å². The third kappa shape index (κ3) is 3.93. The molecule has 1 aromatic rings. The van der Waals surface area contributed by atoms with Crippen molar-refractivity contribution in [3.8, 4) is 5.75 Å². The highest BCUT2D eigenvalue weighted by Crippen LogP contribution is 2.33. The predicted octanol–water partition coefficient (Wildman–Crippen LogP) is 4.42. The average molecular weight is 326 g/mol. The number of anilines is 1.